The molecule has 2 rings (SSSR count). The summed E-state index contributed by atoms with van der Waals surface area (Å²) in [5.41, 5.74) is -3.34. The molecule has 0 fully saturated rings. The Morgan fingerprint density at radius 1 is 1.07 bits per heavy atom. The summed E-state index contributed by atoms with van der Waals surface area (Å²) in [5.74, 6) is -10.00. The molecule has 0 heterocycles. The van der Waals surface area contributed by atoms with Crippen LogP contribution in [0.5, 0.6) is 0 Å². The molecule has 0 saturated heterocycles. The van der Waals surface area contributed by atoms with Crippen LogP contribution < -0.4 is 5.43 Å². The number of hydrogen-bond acceptors (Lipinski definition) is 4. The van der Waals surface area contributed by atoms with Gasteiger partial charge in [0.1, 0.15) is 16.3 Å². The van der Waals surface area contributed by atoms with Crippen molar-refractivity contribution in [1.82, 2.24) is 0 Å². The van der Waals surface area contributed by atoms with Crippen molar-refractivity contribution >= 4 is 29.2 Å². The van der Waals surface area contributed by atoms with Crippen LogP contribution in [-0.4, -0.2) is 11.1 Å². The van der Waals surface area contributed by atoms with Gasteiger partial charge in [0, 0.05) is 11.6 Å². The van der Waals surface area contributed by atoms with E-state index in [9.17, 15) is 40.8 Å². The van der Waals surface area contributed by atoms with Gasteiger partial charge in [0.25, 0.3) is 5.69 Å². The first-order chi connectivity index (χ1) is 12.4. The van der Waals surface area contributed by atoms with Crippen molar-refractivity contribution < 1.29 is 35.7 Å². The number of halogens is 8. The van der Waals surface area contributed by atoms with Gasteiger partial charge in [-0.25, -0.2) is 17.6 Å². The zero-order valence-corrected chi connectivity index (χ0v) is 13.3. The molecule has 0 amide bonds. The molecule has 0 unspecified atom stereocenters. The SMILES string of the molecule is O=[N+]([O-])c1cc(/C=N/Nc2c(F)c(F)c(C(F)(F)F)c(F)c2F)ccc1Cl. The first-order valence-corrected chi connectivity index (χ1v) is 6.99. The van der Waals surface area contributed by atoms with E-state index in [-0.39, 0.29) is 10.6 Å². The highest BCUT2D eigenvalue weighted by atomic mass is 35.5. The average Bonchev–Trinajstić information content (AvgIpc) is 2.56. The van der Waals surface area contributed by atoms with Gasteiger partial charge in [-0.1, -0.05) is 17.7 Å². The Labute approximate surface area is 150 Å². The summed E-state index contributed by atoms with van der Waals surface area (Å²) in [6.07, 6.45) is -4.91. The maximum Gasteiger partial charge on any atom is 0.422 e. The number of benzene rings is 2. The van der Waals surface area contributed by atoms with Crippen LogP contribution in [0.15, 0.2) is 23.3 Å². The number of hydrogen-bond donors (Lipinski definition) is 1. The topological polar surface area (TPSA) is 67.5 Å². The second-order valence-electron chi connectivity index (χ2n) is 4.84. The molecule has 0 spiro atoms. The molecule has 144 valence electrons. The van der Waals surface area contributed by atoms with Gasteiger partial charge < -0.3 is 0 Å². The Morgan fingerprint density at radius 3 is 2.11 bits per heavy atom. The minimum absolute atomic E-state index is 0.00716. The zero-order chi connectivity index (χ0) is 20.5. The summed E-state index contributed by atoms with van der Waals surface area (Å²) < 4.78 is 91.7. The highest BCUT2D eigenvalue weighted by Gasteiger charge is 2.42. The molecule has 13 heteroatoms. The Balaban J connectivity index is 2.38. The molecule has 0 aliphatic heterocycles. The fourth-order valence-corrected chi connectivity index (χ4v) is 2.09. The van der Waals surface area contributed by atoms with E-state index in [1.807, 2.05) is 0 Å². The molecule has 0 radical (unpaired) electrons. The first kappa shape index (κ1) is 20.4. The van der Waals surface area contributed by atoms with Crippen LogP contribution in [0.25, 0.3) is 0 Å². The van der Waals surface area contributed by atoms with E-state index in [2.05, 4.69) is 5.10 Å². The number of nitrogens with zero attached hydrogens (tertiary/aromatic N) is 2. The van der Waals surface area contributed by atoms with Crippen LogP contribution in [-0.2, 0) is 6.18 Å². The summed E-state index contributed by atoms with van der Waals surface area (Å²) in [7, 11) is 0. The number of hydrazone groups is 1. The monoisotopic (exact) mass is 415 g/mol. The fraction of sp³-hybridized carbons (Fsp3) is 0.0714. The third-order valence-corrected chi connectivity index (χ3v) is 3.42. The molecule has 2 aromatic carbocycles. The van der Waals surface area contributed by atoms with Gasteiger partial charge in [0.05, 0.1) is 11.1 Å². The quantitative estimate of drug-likeness (QED) is 0.243. The van der Waals surface area contributed by atoms with Gasteiger partial charge in [0.15, 0.2) is 23.3 Å². The molecule has 2 aromatic rings. The Hall–Kier alpha value is -2.89. The number of rotatable bonds is 4. The van der Waals surface area contributed by atoms with E-state index in [0.29, 0.717) is 0 Å². The highest BCUT2D eigenvalue weighted by Crippen LogP contribution is 2.38. The lowest BCUT2D eigenvalue weighted by Gasteiger charge is -2.13. The predicted molar refractivity (Wildman–Crippen MR) is 80.6 cm³/mol. The molecular weight excluding hydrogens is 411 g/mol. The maximum atomic E-state index is 13.7. The summed E-state index contributed by atoms with van der Waals surface area (Å²) in [5, 5.41) is 13.7. The van der Waals surface area contributed by atoms with Crippen molar-refractivity contribution in [3.05, 3.63) is 67.7 Å². The smallest absolute Gasteiger partial charge is 0.272 e. The molecule has 0 atom stereocenters. The van der Waals surface area contributed by atoms with Crippen molar-refractivity contribution in [2.75, 3.05) is 5.43 Å². The summed E-state index contributed by atoms with van der Waals surface area (Å²) in [4.78, 5) is 9.91. The Kier molecular flexibility index (Phi) is 5.59. The van der Waals surface area contributed by atoms with Crippen molar-refractivity contribution in [1.29, 1.82) is 0 Å². The van der Waals surface area contributed by atoms with Crippen molar-refractivity contribution in [3.63, 3.8) is 0 Å². The van der Waals surface area contributed by atoms with E-state index >= 15 is 0 Å². The molecule has 0 saturated carbocycles. The van der Waals surface area contributed by atoms with Crippen LogP contribution in [0, 0.1) is 33.4 Å². The van der Waals surface area contributed by atoms with E-state index in [1.54, 1.807) is 0 Å². The molecule has 0 bridgehead atoms. The number of nitro benzene ring substituents is 1. The molecule has 0 aliphatic carbocycles. The van der Waals surface area contributed by atoms with Gasteiger partial charge in [-0.15, -0.1) is 0 Å². The van der Waals surface area contributed by atoms with Crippen LogP contribution >= 0.6 is 11.6 Å². The van der Waals surface area contributed by atoms with E-state index in [1.165, 1.54) is 11.5 Å². The summed E-state index contributed by atoms with van der Waals surface area (Å²) >= 11 is 5.57. The standard InChI is InChI=1S/C14H5ClF7N3O2/c15-6-2-1-5(3-7(6)25(26)27)4-23-24-13-11(18)9(16)8(14(20,21)22)10(17)12(13)19/h1-4,24H/b23-4+. The lowest BCUT2D eigenvalue weighted by molar-refractivity contribution is -0.384. The van der Waals surface area contributed by atoms with Crippen LogP contribution in [0.1, 0.15) is 11.1 Å². The van der Waals surface area contributed by atoms with Gasteiger partial charge in [-0.2, -0.15) is 18.3 Å². The Morgan fingerprint density at radius 2 is 1.63 bits per heavy atom. The highest BCUT2D eigenvalue weighted by molar-refractivity contribution is 6.32. The van der Waals surface area contributed by atoms with Gasteiger partial charge in [0.2, 0.25) is 0 Å². The Bertz CT molecular complexity index is 918. The number of nitro groups is 1. The number of anilines is 1. The molecule has 0 aromatic heterocycles. The van der Waals surface area contributed by atoms with Crippen molar-refractivity contribution in [2.45, 2.75) is 6.18 Å². The number of nitrogens with one attached hydrogen (secondary N) is 1. The third kappa shape index (κ3) is 4.10. The molecule has 1 N–H and O–H groups in total. The largest absolute Gasteiger partial charge is 0.422 e. The van der Waals surface area contributed by atoms with E-state index in [4.69, 9.17) is 11.6 Å². The minimum atomic E-state index is -5.67. The zero-order valence-electron chi connectivity index (χ0n) is 12.5. The predicted octanol–water partition coefficient (Wildman–Crippen LogP) is 5.27. The molecule has 5 nitrogen and oxygen atoms in total. The van der Waals surface area contributed by atoms with Crippen LogP contribution in [0.2, 0.25) is 5.02 Å². The third-order valence-electron chi connectivity index (χ3n) is 3.10. The lowest BCUT2D eigenvalue weighted by atomic mass is 10.1. The van der Waals surface area contributed by atoms with Gasteiger partial charge in [-0.3, -0.25) is 15.5 Å². The van der Waals surface area contributed by atoms with Gasteiger partial charge >= 0.3 is 6.18 Å². The van der Waals surface area contributed by atoms with E-state index in [0.717, 1.165) is 18.3 Å². The minimum Gasteiger partial charge on any atom is -0.272 e. The molecular formula is C14H5ClF7N3O2. The summed E-state index contributed by atoms with van der Waals surface area (Å²) in [6, 6.07) is 3.25. The number of alkyl halides is 3. The van der Waals surface area contributed by atoms with E-state index < -0.39 is 51.3 Å². The fourth-order valence-electron chi connectivity index (χ4n) is 1.90. The van der Waals surface area contributed by atoms with Crippen LogP contribution in [0.4, 0.5) is 42.1 Å². The van der Waals surface area contributed by atoms with Gasteiger partial charge in [-0.05, 0) is 6.07 Å². The molecule has 0 aliphatic rings. The first-order valence-electron chi connectivity index (χ1n) is 6.61. The van der Waals surface area contributed by atoms with Crippen LogP contribution in [0.3, 0.4) is 0 Å². The normalized spacial score (nSPS) is 11.9. The summed E-state index contributed by atoms with van der Waals surface area (Å²) in [6.45, 7) is 0. The molecule has 27 heavy (non-hydrogen) atoms. The second kappa shape index (κ2) is 7.39. The van der Waals surface area contributed by atoms with Crippen molar-refractivity contribution in [2.24, 2.45) is 5.10 Å². The van der Waals surface area contributed by atoms with Crippen molar-refractivity contribution in [3.8, 4) is 0 Å². The lowest BCUT2D eigenvalue weighted by Crippen LogP contribution is -2.16. The second-order valence-corrected chi connectivity index (χ2v) is 5.25. The average molecular weight is 416 g/mol. The maximum absolute atomic E-state index is 13.7.